The third-order valence-corrected chi connectivity index (χ3v) is 7.01. The van der Waals surface area contributed by atoms with Gasteiger partial charge in [-0.2, -0.15) is 8.78 Å². The van der Waals surface area contributed by atoms with Crippen LogP contribution in [0.2, 0.25) is 0 Å². The maximum absolute atomic E-state index is 13.2. The van der Waals surface area contributed by atoms with E-state index in [0.717, 1.165) is 9.54 Å². The fraction of sp³-hybridized carbons (Fsp3) is 0.348. The lowest BCUT2D eigenvalue weighted by Gasteiger charge is -2.40. The van der Waals surface area contributed by atoms with Crippen molar-refractivity contribution in [3.05, 3.63) is 60.3 Å². The van der Waals surface area contributed by atoms with Gasteiger partial charge in [0.05, 0.1) is 5.52 Å². The standard InChI is InChI=1S/C23H24F2N2O5S/c1-23(2,3)32-22(28)26-13-17(14-26)15-8-9-18-16(12-15)10-11-27(18)33(29,30)20-7-5-4-6-19(20)31-21(24)25/h4-12,17,21H,13-14H2,1-3H3. The van der Waals surface area contributed by atoms with Crippen molar-refractivity contribution in [2.75, 3.05) is 13.1 Å². The first-order chi connectivity index (χ1) is 15.5. The van der Waals surface area contributed by atoms with E-state index < -0.39 is 28.0 Å². The van der Waals surface area contributed by atoms with Crippen LogP contribution in [-0.2, 0) is 14.8 Å². The number of amides is 1. The molecule has 7 nitrogen and oxygen atoms in total. The highest BCUT2D eigenvalue weighted by molar-refractivity contribution is 7.90. The molecule has 176 valence electrons. The summed E-state index contributed by atoms with van der Waals surface area (Å²) in [5, 5.41) is 0.680. The Hall–Kier alpha value is -3.14. The molecule has 2 heterocycles. The molecule has 1 fully saturated rings. The molecule has 0 atom stereocenters. The Morgan fingerprint density at radius 2 is 1.79 bits per heavy atom. The van der Waals surface area contributed by atoms with Gasteiger partial charge < -0.3 is 14.4 Å². The van der Waals surface area contributed by atoms with Gasteiger partial charge in [0, 0.05) is 30.6 Å². The topological polar surface area (TPSA) is 77.8 Å². The minimum Gasteiger partial charge on any atom is -0.444 e. The molecule has 33 heavy (non-hydrogen) atoms. The molecule has 1 aliphatic heterocycles. The maximum atomic E-state index is 13.2. The summed E-state index contributed by atoms with van der Waals surface area (Å²) in [5.41, 5.74) is 0.821. The van der Waals surface area contributed by atoms with Gasteiger partial charge in [0.2, 0.25) is 0 Å². The number of carbonyl (C=O) groups is 1. The number of benzene rings is 2. The van der Waals surface area contributed by atoms with Crippen LogP contribution in [-0.4, -0.2) is 48.7 Å². The number of hydrogen-bond donors (Lipinski definition) is 0. The van der Waals surface area contributed by atoms with Gasteiger partial charge >= 0.3 is 12.7 Å². The first kappa shape index (κ1) is 23.0. The molecular formula is C23H24F2N2O5S. The number of carbonyl (C=O) groups excluding carboxylic acids is 1. The number of likely N-dealkylation sites (tertiary alicyclic amines) is 1. The first-order valence-corrected chi connectivity index (χ1v) is 11.8. The van der Waals surface area contributed by atoms with Crippen LogP contribution >= 0.6 is 0 Å². The smallest absolute Gasteiger partial charge is 0.410 e. The van der Waals surface area contributed by atoms with Crippen molar-refractivity contribution in [2.24, 2.45) is 0 Å². The number of aromatic nitrogens is 1. The molecule has 0 unspecified atom stereocenters. The predicted molar refractivity (Wildman–Crippen MR) is 118 cm³/mol. The van der Waals surface area contributed by atoms with Crippen LogP contribution in [0.4, 0.5) is 13.6 Å². The second-order valence-electron chi connectivity index (χ2n) is 8.84. The molecular weight excluding hydrogens is 454 g/mol. The molecule has 4 rings (SSSR count). The number of alkyl halides is 2. The van der Waals surface area contributed by atoms with Crippen LogP contribution < -0.4 is 4.74 Å². The highest BCUT2D eigenvalue weighted by Gasteiger charge is 2.35. The van der Waals surface area contributed by atoms with Gasteiger partial charge in [0.15, 0.2) is 0 Å². The Kier molecular flexibility index (Phi) is 5.81. The normalized spacial score (nSPS) is 15.0. The van der Waals surface area contributed by atoms with Crippen molar-refractivity contribution < 1.29 is 31.5 Å². The third-order valence-electron chi connectivity index (χ3n) is 5.29. The summed E-state index contributed by atoms with van der Waals surface area (Å²) in [6, 6.07) is 12.3. The summed E-state index contributed by atoms with van der Waals surface area (Å²) in [7, 11) is -4.17. The van der Waals surface area contributed by atoms with Gasteiger partial charge in [-0.25, -0.2) is 17.2 Å². The largest absolute Gasteiger partial charge is 0.444 e. The van der Waals surface area contributed by atoms with Crippen molar-refractivity contribution in [3.63, 3.8) is 0 Å². The van der Waals surface area contributed by atoms with Gasteiger partial charge in [-0.1, -0.05) is 18.2 Å². The van der Waals surface area contributed by atoms with E-state index in [9.17, 15) is 22.0 Å². The van der Waals surface area contributed by atoms with Crippen molar-refractivity contribution in [1.82, 2.24) is 8.87 Å². The zero-order chi connectivity index (χ0) is 24.0. The molecule has 1 aliphatic rings. The number of para-hydroxylation sites is 1. The van der Waals surface area contributed by atoms with E-state index in [4.69, 9.17) is 4.74 Å². The summed E-state index contributed by atoms with van der Waals surface area (Å²) in [5.74, 6) is -0.301. The Bertz CT molecular complexity index is 1290. The molecule has 1 amide bonds. The lowest BCUT2D eigenvalue weighted by atomic mass is 9.91. The summed E-state index contributed by atoms with van der Waals surface area (Å²) in [6.45, 7) is 3.32. The van der Waals surface area contributed by atoms with Crippen LogP contribution in [0.15, 0.2) is 59.6 Å². The van der Waals surface area contributed by atoms with Crippen molar-refractivity contribution in [1.29, 1.82) is 0 Å². The maximum Gasteiger partial charge on any atom is 0.410 e. The quantitative estimate of drug-likeness (QED) is 0.526. The minimum atomic E-state index is -4.17. The van der Waals surface area contributed by atoms with Gasteiger partial charge in [0.25, 0.3) is 10.0 Å². The van der Waals surface area contributed by atoms with Gasteiger partial charge in [0.1, 0.15) is 16.2 Å². The van der Waals surface area contributed by atoms with E-state index in [2.05, 4.69) is 4.74 Å². The molecule has 1 saturated heterocycles. The number of halogens is 2. The van der Waals surface area contributed by atoms with Crippen molar-refractivity contribution >= 4 is 27.0 Å². The predicted octanol–water partition coefficient (Wildman–Crippen LogP) is 4.81. The third kappa shape index (κ3) is 4.66. The molecule has 1 aromatic heterocycles. The zero-order valence-electron chi connectivity index (χ0n) is 18.4. The van der Waals surface area contributed by atoms with Gasteiger partial charge in [-0.15, -0.1) is 0 Å². The van der Waals surface area contributed by atoms with Gasteiger partial charge in [-0.05, 0) is 56.7 Å². The number of rotatable bonds is 5. The van der Waals surface area contributed by atoms with E-state index in [1.54, 1.807) is 17.0 Å². The average Bonchev–Trinajstić information content (AvgIpc) is 3.09. The van der Waals surface area contributed by atoms with Crippen LogP contribution in [0.5, 0.6) is 5.75 Å². The number of fused-ring (bicyclic) bond motifs is 1. The van der Waals surface area contributed by atoms with Crippen molar-refractivity contribution in [3.8, 4) is 5.75 Å². The molecule has 0 saturated carbocycles. The molecule has 0 spiro atoms. The Morgan fingerprint density at radius 1 is 1.09 bits per heavy atom. The molecule has 0 radical (unpaired) electrons. The second-order valence-corrected chi connectivity index (χ2v) is 10.6. The Balaban J connectivity index is 1.57. The summed E-state index contributed by atoms with van der Waals surface area (Å²) >= 11 is 0. The van der Waals surface area contributed by atoms with Crippen LogP contribution in [0.25, 0.3) is 10.9 Å². The number of hydrogen-bond acceptors (Lipinski definition) is 5. The lowest BCUT2D eigenvalue weighted by molar-refractivity contribution is -0.0517. The van der Waals surface area contributed by atoms with E-state index in [0.29, 0.717) is 24.0 Å². The molecule has 0 aliphatic carbocycles. The zero-order valence-corrected chi connectivity index (χ0v) is 19.2. The van der Waals surface area contributed by atoms with Crippen LogP contribution in [0.3, 0.4) is 0 Å². The Labute approximate surface area is 190 Å². The van der Waals surface area contributed by atoms with Crippen LogP contribution in [0, 0.1) is 0 Å². The number of ether oxygens (including phenoxy) is 2. The lowest BCUT2D eigenvalue weighted by Crippen LogP contribution is -2.50. The second kappa shape index (κ2) is 8.33. The van der Waals surface area contributed by atoms with E-state index in [-0.39, 0.29) is 16.9 Å². The van der Waals surface area contributed by atoms with Gasteiger partial charge in [-0.3, -0.25) is 0 Å². The highest BCUT2D eigenvalue weighted by Crippen LogP contribution is 2.33. The average molecular weight is 479 g/mol. The molecule has 2 aromatic carbocycles. The monoisotopic (exact) mass is 478 g/mol. The first-order valence-electron chi connectivity index (χ1n) is 10.3. The highest BCUT2D eigenvalue weighted by atomic mass is 32.2. The van der Waals surface area contributed by atoms with E-state index in [1.165, 1.54) is 30.5 Å². The fourth-order valence-corrected chi connectivity index (χ4v) is 5.21. The Morgan fingerprint density at radius 3 is 2.45 bits per heavy atom. The molecule has 10 heteroatoms. The number of nitrogens with zero attached hydrogens (tertiary/aromatic N) is 2. The van der Waals surface area contributed by atoms with E-state index in [1.807, 2.05) is 32.9 Å². The summed E-state index contributed by atoms with van der Waals surface area (Å²) in [6.07, 6.45) is 1.03. The summed E-state index contributed by atoms with van der Waals surface area (Å²) in [4.78, 5) is 13.4. The van der Waals surface area contributed by atoms with Crippen molar-refractivity contribution in [2.45, 2.75) is 43.8 Å². The van der Waals surface area contributed by atoms with E-state index >= 15 is 0 Å². The molecule has 0 N–H and O–H groups in total. The van der Waals surface area contributed by atoms with Crippen LogP contribution in [0.1, 0.15) is 32.3 Å². The fourth-order valence-electron chi connectivity index (χ4n) is 3.73. The molecule has 0 bridgehead atoms. The summed E-state index contributed by atoms with van der Waals surface area (Å²) < 4.78 is 62.7. The molecule has 3 aromatic rings. The minimum absolute atomic E-state index is 0.113. The SMILES string of the molecule is CC(C)(C)OC(=O)N1CC(c2ccc3c(ccn3S(=O)(=O)c3ccccc3OC(F)F)c2)C1.